The van der Waals surface area contributed by atoms with Gasteiger partial charge in [0.15, 0.2) is 29.1 Å². The number of fused-ring (bicyclic) bond motifs is 2. The average molecular weight is 1560 g/mol. The lowest BCUT2D eigenvalue weighted by molar-refractivity contribution is 1.11. The molecule has 10 heteroatoms. The van der Waals surface area contributed by atoms with Gasteiger partial charge in [0.25, 0.3) is 0 Å². The van der Waals surface area contributed by atoms with E-state index in [0.29, 0.717) is 0 Å². The molecule has 5 aromatic heterocycles. The van der Waals surface area contributed by atoms with Crippen molar-refractivity contribution in [1.29, 1.82) is 0 Å². The van der Waals surface area contributed by atoms with Crippen molar-refractivity contribution in [2.45, 2.75) is 34.6 Å². The molecule has 0 spiro atoms. The molecule has 0 radical (unpaired) electrons. The summed E-state index contributed by atoms with van der Waals surface area (Å²) in [6.45, 7) is 10.1. The van der Waals surface area contributed by atoms with Crippen LogP contribution < -0.4 is 0 Å². The molecule has 0 amide bonds. The van der Waals surface area contributed by atoms with Crippen molar-refractivity contribution < 1.29 is 0 Å². The van der Waals surface area contributed by atoms with Crippen molar-refractivity contribution in [1.82, 2.24) is 49.8 Å². The van der Waals surface area contributed by atoms with Gasteiger partial charge >= 0.3 is 0 Å². The number of rotatable bonds is 13. The number of benzene rings is 15. The Balaban J connectivity index is 0.000000112. The number of hydrogen-bond acceptors (Lipinski definition) is 10. The van der Waals surface area contributed by atoms with E-state index < -0.39 is 0 Å². The Labute approximate surface area is 707 Å². The highest BCUT2D eigenvalue weighted by atomic mass is 14.9. The lowest BCUT2D eigenvalue weighted by Crippen LogP contribution is -1.96. The van der Waals surface area contributed by atoms with Gasteiger partial charge in [0.05, 0.1) is 28.5 Å². The molecule has 15 aromatic carbocycles. The SMILES string of the molecule is Cc1cc(-c2ccc(-c3ccccc3)cc2)nc(-c2ccccc2)n1.Cc1cc(-c2ccc3ccccc3c2)nc(-c2ccccc2)n1.Cc1cc(-c2cccc(-c3ccccc3)c2)nc(-c2ccccc2)n1.Cc1cc(-c2cccc3ccccc23)nc(-c2ccccc2)n1.Cc1cc(-c2ccccc2-c2ccccc2)nc(-c2ccccc2)n1. The molecule has 0 fully saturated rings. The van der Waals surface area contributed by atoms with Crippen molar-refractivity contribution in [3.05, 3.63) is 459 Å². The van der Waals surface area contributed by atoms with Crippen molar-refractivity contribution in [3.63, 3.8) is 0 Å². The van der Waals surface area contributed by atoms with Gasteiger partial charge in [0, 0.05) is 84.1 Å². The van der Waals surface area contributed by atoms with Crippen LogP contribution >= 0.6 is 0 Å². The van der Waals surface area contributed by atoms with Crippen LogP contribution in [-0.2, 0) is 0 Å². The lowest BCUT2D eigenvalue weighted by Gasteiger charge is -2.11. The smallest absolute Gasteiger partial charge is 0.160 e. The molecule has 0 saturated heterocycles. The zero-order valence-corrected chi connectivity index (χ0v) is 68.0. The van der Waals surface area contributed by atoms with Gasteiger partial charge in [-0.15, -0.1) is 0 Å². The van der Waals surface area contributed by atoms with Gasteiger partial charge in [0.1, 0.15) is 0 Å². The summed E-state index contributed by atoms with van der Waals surface area (Å²) in [7, 11) is 0. The largest absolute Gasteiger partial charge is 0.233 e. The molecule has 20 aromatic rings. The second-order valence-corrected chi connectivity index (χ2v) is 29.3. The minimum Gasteiger partial charge on any atom is -0.233 e. The van der Waals surface area contributed by atoms with Crippen LogP contribution in [0.4, 0.5) is 0 Å². The van der Waals surface area contributed by atoms with Crippen molar-refractivity contribution in [2.75, 3.05) is 0 Å². The molecular weight excluding hydrogens is 1470 g/mol. The Morgan fingerprint density at radius 1 is 0.132 bits per heavy atom. The number of nitrogens with zero attached hydrogens (tertiary/aromatic N) is 10. The zero-order valence-electron chi connectivity index (χ0n) is 68.0. The summed E-state index contributed by atoms with van der Waals surface area (Å²) in [5, 5.41) is 4.91. The maximum atomic E-state index is 4.85. The lowest BCUT2D eigenvalue weighted by atomic mass is 9.97. The van der Waals surface area contributed by atoms with Crippen LogP contribution in [0.25, 0.3) is 168 Å². The Morgan fingerprint density at radius 2 is 0.388 bits per heavy atom. The predicted molar refractivity (Wildman–Crippen MR) is 500 cm³/mol. The van der Waals surface area contributed by atoms with Crippen molar-refractivity contribution in [2.24, 2.45) is 0 Å². The van der Waals surface area contributed by atoms with Crippen LogP contribution in [0.1, 0.15) is 28.5 Å². The summed E-state index contributed by atoms with van der Waals surface area (Å²) in [5.74, 6) is 3.84. The quantitative estimate of drug-likeness (QED) is 0.110. The number of hydrogen-bond donors (Lipinski definition) is 0. The first kappa shape index (κ1) is 79.1. The topological polar surface area (TPSA) is 129 Å². The fourth-order valence-electron chi connectivity index (χ4n) is 14.5. The maximum Gasteiger partial charge on any atom is 0.160 e. The molecule has 0 aliphatic carbocycles. The molecule has 0 aliphatic rings. The molecule has 0 saturated carbocycles. The second kappa shape index (κ2) is 38.3. The van der Waals surface area contributed by atoms with E-state index in [1.807, 2.05) is 235 Å². The zero-order chi connectivity index (χ0) is 82.5. The van der Waals surface area contributed by atoms with E-state index in [2.05, 4.69) is 255 Å². The first-order chi connectivity index (χ1) is 59.5. The molecule has 0 N–H and O–H groups in total. The van der Waals surface area contributed by atoms with Crippen LogP contribution in [0.15, 0.2) is 431 Å². The van der Waals surface area contributed by atoms with Crippen molar-refractivity contribution >= 4 is 21.5 Å². The highest BCUT2D eigenvalue weighted by molar-refractivity contribution is 5.96. The highest BCUT2D eigenvalue weighted by Crippen LogP contribution is 2.36. The van der Waals surface area contributed by atoms with Crippen LogP contribution in [0, 0.1) is 34.6 Å². The van der Waals surface area contributed by atoms with Gasteiger partial charge in [-0.25, -0.2) is 49.8 Å². The third-order valence-corrected chi connectivity index (χ3v) is 20.4. The normalized spacial score (nSPS) is 10.7. The van der Waals surface area contributed by atoms with E-state index in [1.54, 1.807) is 0 Å². The summed E-state index contributed by atoms with van der Waals surface area (Å²) in [4.78, 5) is 47.0. The van der Waals surface area contributed by atoms with E-state index in [0.717, 1.165) is 142 Å². The molecule has 0 bridgehead atoms. The molecule has 0 unspecified atom stereocenters. The molecule has 121 heavy (non-hydrogen) atoms. The van der Waals surface area contributed by atoms with E-state index in [9.17, 15) is 0 Å². The summed E-state index contributed by atoms with van der Waals surface area (Å²) >= 11 is 0. The number of aryl methyl sites for hydroxylation is 5. The molecule has 580 valence electrons. The average Bonchev–Trinajstić information content (AvgIpc) is 0.811. The Morgan fingerprint density at radius 3 is 0.826 bits per heavy atom. The second-order valence-electron chi connectivity index (χ2n) is 29.3. The van der Waals surface area contributed by atoms with Crippen LogP contribution in [0.3, 0.4) is 0 Å². The Kier molecular flexibility index (Phi) is 25.0. The third kappa shape index (κ3) is 20.2. The predicted octanol–water partition coefficient (Wildman–Crippen LogP) is 27.9. The Bertz CT molecular complexity index is 6830. The van der Waals surface area contributed by atoms with E-state index in [-0.39, 0.29) is 0 Å². The van der Waals surface area contributed by atoms with Gasteiger partial charge < -0.3 is 0 Å². The van der Waals surface area contributed by atoms with E-state index in [4.69, 9.17) is 24.9 Å². The Hall–Kier alpha value is -15.8. The summed E-state index contributed by atoms with van der Waals surface area (Å²) in [5.41, 5.74) is 27.6. The van der Waals surface area contributed by atoms with Gasteiger partial charge in [-0.05, 0) is 132 Å². The highest BCUT2D eigenvalue weighted by Gasteiger charge is 2.16. The van der Waals surface area contributed by atoms with Crippen LogP contribution in [0.2, 0.25) is 0 Å². The molecule has 0 atom stereocenters. The van der Waals surface area contributed by atoms with Gasteiger partial charge in [-0.3, -0.25) is 0 Å². The minimum absolute atomic E-state index is 0.762. The van der Waals surface area contributed by atoms with Crippen molar-refractivity contribution in [3.8, 4) is 147 Å². The fraction of sp³-hybridized carbons (Fsp3) is 0.0450. The first-order valence-electron chi connectivity index (χ1n) is 40.5. The van der Waals surface area contributed by atoms with E-state index >= 15 is 0 Å². The summed E-state index contributed by atoms with van der Waals surface area (Å²) in [6.07, 6.45) is 0. The molecule has 10 nitrogen and oxygen atoms in total. The summed E-state index contributed by atoms with van der Waals surface area (Å²) in [6, 6.07) is 147. The standard InChI is InChI=1S/3C23H18N2.2C21H16N2/c1-17-16-22(25-23(24-17)19-12-6-3-7-13-19)21-15-9-8-14-20(21)18-10-4-2-5-11-18;1-17-15-22(25-23(24-17)19-11-6-3-7-12-19)21-14-8-13-20(16-21)18-9-4-2-5-10-18;1-17-16-22(25-23(24-17)21-10-6-3-7-11-21)20-14-12-19(13-15-20)18-8-4-2-5-9-18;1-15-14-20(23-21(22-15)17-9-3-2-4-10-17)19-13-7-11-16-8-5-6-12-18(16)19;1-15-13-20(23-21(22-15)17-8-3-2-4-9-17)19-12-11-16-7-5-6-10-18(16)14-19/h3*2-16H,1H3;2*2-14H,1H3. The third-order valence-electron chi connectivity index (χ3n) is 20.4. The molecule has 20 rings (SSSR count). The van der Waals surface area contributed by atoms with E-state index in [1.165, 1.54) is 54.9 Å². The maximum absolute atomic E-state index is 4.85. The molecule has 0 aliphatic heterocycles. The number of aromatic nitrogens is 10. The van der Waals surface area contributed by atoms with Crippen LogP contribution in [-0.4, -0.2) is 49.8 Å². The van der Waals surface area contributed by atoms with Gasteiger partial charge in [-0.1, -0.05) is 388 Å². The van der Waals surface area contributed by atoms with Gasteiger partial charge in [0.2, 0.25) is 0 Å². The minimum atomic E-state index is 0.762. The molecular formula is C111H86N10. The van der Waals surface area contributed by atoms with Crippen LogP contribution in [0.5, 0.6) is 0 Å². The fourth-order valence-corrected chi connectivity index (χ4v) is 14.5. The van der Waals surface area contributed by atoms with Gasteiger partial charge in [-0.2, -0.15) is 0 Å². The monoisotopic (exact) mass is 1560 g/mol. The molecule has 5 heterocycles. The summed E-state index contributed by atoms with van der Waals surface area (Å²) < 4.78 is 0. The first-order valence-corrected chi connectivity index (χ1v) is 40.5.